The Bertz CT molecular complexity index is 384. The Morgan fingerprint density at radius 3 is 2.42 bits per heavy atom. The summed E-state index contributed by atoms with van der Waals surface area (Å²) in [5.41, 5.74) is 1.80. The highest BCUT2D eigenvalue weighted by molar-refractivity contribution is 5.89. The third-order valence-electron chi connectivity index (χ3n) is 2.92. The zero-order valence-electron chi connectivity index (χ0n) is 11.3. The smallest absolute Gasteiger partial charge is 0.337 e. The molecule has 0 spiro atoms. The van der Waals surface area contributed by atoms with Crippen LogP contribution in [0.2, 0.25) is 0 Å². The van der Waals surface area contributed by atoms with Crippen molar-refractivity contribution in [1.29, 1.82) is 0 Å². The zero-order valence-corrected chi connectivity index (χ0v) is 11.3. The Kier molecular flexibility index (Phi) is 7.32. The van der Waals surface area contributed by atoms with Crippen LogP contribution in [0.5, 0.6) is 0 Å². The third-order valence-corrected chi connectivity index (χ3v) is 2.92. The minimum absolute atomic E-state index is 0.304. The van der Waals surface area contributed by atoms with Crippen molar-refractivity contribution in [2.75, 3.05) is 13.7 Å². The van der Waals surface area contributed by atoms with Crippen molar-refractivity contribution in [2.24, 2.45) is 0 Å². The Labute approximate surface area is 113 Å². The van der Waals surface area contributed by atoms with E-state index in [0.717, 1.165) is 32.1 Å². The second kappa shape index (κ2) is 9.14. The maximum Gasteiger partial charge on any atom is 0.337 e. The highest BCUT2D eigenvalue weighted by Crippen LogP contribution is 2.10. The molecule has 0 aliphatic carbocycles. The third kappa shape index (κ3) is 6.04. The average Bonchev–Trinajstić information content (AvgIpc) is 2.46. The van der Waals surface area contributed by atoms with Gasteiger partial charge in [0.2, 0.25) is 0 Å². The topological polar surface area (TPSA) is 52.6 Å². The first-order valence-electron chi connectivity index (χ1n) is 6.50. The van der Waals surface area contributed by atoms with Crippen molar-refractivity contribution in [3.05, 3.63) is 35.4 Å². The van der Waals surface area contributed by atoms with Crippen LogP contribution < -0.4 is 0 Å². The van der Waals surface area contributed by atoms with Gasteiger partial charge in [-0.25, -0.2) is 4.79 Å². The van der Waals surface area contributed by atoms with E-state index >= 15 is 0 Å². The molecule has 1 aromatic rings. The van der Waals surface area contributed by atoms with Gasteiger partial charge in [-0.15, -0.1) is 0 Å². The van der Waals surface area contributed by atoms with Crippen molar-refractivity contribution in [2.45, 2.75) is 32.1 Å². The first-order valence-corrected chi connectivity index (χ1v) is 6.50. The van der Waals surface area contributed by atoms with Gasteiger partial charge in [0.25, 0.3) is 6.47 Å². The predicted octanol–water partition coefficient (Wildman–Crippen LogP) is 2.75. The van der Waals surface area contributed by atoms with Gasteiger partial charge < -0.3 is 9.47 Å². The van der Waals surface area contributed by atoms with Crippen molar-refractivity contribution >= 4 is 12.4 Å². The van der Waals surface area contributed by atoms with Crippen LogP contribution in [0.25, 0.3) is 0 Å². The number of ether oxygens (including phenoxy) is 2. The van der Waals surface area contributed by atoms with Crippen molar-refractivity contribution in [3.63, 3.8) is 0 Å². The summed E-state index contributed by atoms with van der Waals surface area (Å²) in [6.45, 7) is 1.00. The van der Waals surface area contributed by atoms with Gasteiger partial charge in [0.15, 0.2) is 0 Å². The van der Waals surface area contributed by atoms with Crippen molar-refractivity contribution in [1.82, 2.24) is 0 Å². The lowest BCUT2D eigenvalue weighted by atomic mass is 10.0. The molecule has 19 heavy (non-hydrogen) atoms. The van der Waals surface area contributed by atoms with Crippen LogP contribution in [0.3, 0.4) is 0 Å². The Morgan fingerprint density at radius 1 is 1.11 bits per heavy atom. The molecular formula is C15H20O4. The van der Waals surface area contributed by atoms with Crippen LogP contribution in [-0.2, 0) is 20.7 Å². The van der Waals surface area contributed by atoms with E-state index in [0.29, 0.717) is 18.6 Å². The predicted molar refractivity (Wildman–Crippen MR) is 72.0 cm³/mol. The fourth-order valence-corrected chi connectivity index (χ4v) is 1.84. The highest BCUT2D eigenvalue weighted by atomic mass is 16.5. The summed E-state index contributed by atoms with van der Waals surface area (Å²) in [6, 6.07) is 7.50. The van der Waals surface area contributed by atoms with E-state index in [1.165, 1.54) is 12.7 Å². The fraction of sp³-hybridized carbons (Fsp3) is 0.467. The van der Waals surface area contributed by atoms with Gasteiger partial charge in [0.1, 0.15) is 0 Å². The molecule has 0 aliphatic rings. The molecule has 0 bridgehead atoms. The van der Waals surface area contributed by atoms with Gasteiger partial charge in [-0.3, -0.25) is 4.79 Å². The largest absolute Gasteiger partial charge is 0.468 e. The maximum atomic E-state index is 11.3. The number of rotatable bonds is 9. The molecule has 0 saturated carbocycles. The normalized spacial score (nSPS) is 9.95. The molecule has 0 saturated heterocycles. The molecule has 0 radical (unpaired) electrons. The van der Waals surface area contributed by atoms with Gasteiger partial charge in [-0.1, -0.05) is 25.0 Å². The molecule has 4 nitrogen and oxygen atoms in total. The first kappa shape index (κ1) is 15.2. The Balaban J connectivity index is 2.19. The fourth-order valence-electron chi connectivity index (χ4n) is 1.84. The second-order valence-electron chi connectivity index (χ2n) is 4.32. The molecule has 0 N–H and O–H groups in total. The molecule has 1 rings (SSSR count). The minimum Gasteiger partial charge on any atom is -0.468 e. The molecular weight excluding hydrogens is 244 g/mol. The Hall–Kier alpha value is -1.84. The van der Waals surface area contributed by atoms with E-state index < -0.39 is 0 Å². The SMILES string of the molecule is COC(=O)c1ccc(CCCCCCOC=O)cc1. The monoisotopic (exact) mass is 264 g/mol. The molecule has 0 aliphatic heterocycles. The molecule has 0 fully saturated rings. The van der Waals surface area contributed by atoms with Crippen molar-refractivity contribution in [3.8, 4) is 0 Å². The van der Waals surface area contributed by atoms with Crippen LogP contribution in [0.4, 0.5) is 0 Å². The summed E-state index contributed by atoms with van der Waals surface area (Å²) in [6.07, 6.45) is 5.18. The van der Waals surface area contributed by atoms with Gasteiger partial charge >= 0.3 is 5.97 Å². The van der Waals surface area contributed by atoms with Gasteiger partial charge in [-0.05, 0) is 37.0 Å². The number of benzene rings is 1. The van der Waals surface area contributed by atoms with E-state index in [9.17, 15) is 9.59 Å². The van der Waals surface area contributed by atoms with Crippen LogP contribution >= 0.6 is 0 Å². The molecule has 0 aromatic heterocycles. The van der Waals surface area contributed by atoms with E-state index in [4.69, 9.17) is 0 Å². The van der Waals surface area contributed by atoms with Crippen molar-refractivity contribution < 1.29 is 19.1 Å². The number of hydrogen-bond acceptors (Lipinski definition) is 4. The molecule has 0 amide bonds. The van der Waals surface area contributed by atoms with Crippen LogP contribution in [0.1, 0.15) is 41.6 Å². The maximum absolute atomic E-state index is 11.3. The lowest BCUT2D eigenvalue weighted by molar-refractivity contribution is -0.128. The van der Waals surface area contributed by atoms with Gasteiger partial charge in [0.05, 0.1) is 19.3 Å². The molecule has 0 atom stereocenters. The molecule has 4 heteroatoms. The van der Waals surface area contributed by atoms with Crippen LogP contribution in [0, 0.1) is 0 Å². The standard InChI is InChI=1S/C15H20O4/c1-18-15(17)14-9-7-13(8-10-14)6-4-2-3-5-11-19-12-16/h7-10,12H,2-6,11H2,1H3. The first-order chi connectivity index (χ1) is 9.27. The van der Waals surface area contributed by atoms with Crippen LogP contribution in [-0.4, -0.2) is 26.2 Å². The van der Waals surface area contributed by atoms with E-state index in [1.807, 2.05) is 12.1 Å². The highest BCUT2D eigenvalue weighted by Gasteiger charge is 2.03. The number of hydrogen-bond donors (Lipinski definition) is 0. The summed E-state index contributed by atoms with van der Waals surface area (Å²) in [7, 11) is 1.38. The summed E-state index contributed by atoms with van der Waals surface area (Å²) < 4.78 is 9.27. The number of aryl methyl sites for hydroxylation is 1. The minimum atomic E-state index is -0.304. The number of unbranched alkanes of at least 4 members (excludes halogenated alkanes) is 3. The van der Waals surface area contributed by atoms with E-state index in [1.54, 1.807) is 12.1 Å². The molecule has 0 heterocycles. The lowest BCUT2D eigenvalue weighted by Gasteiger charge is -2.03. The van der Waals surface area contributed by atoms with E-state index in [-0.39, 0.29) is 5.97 Å². The second-order valence-corrected chi connectivity index (χ2v) is 4.32. The van der Waals surface area contributed by atoms with E-state index in [2.05, 4.69) is 9.47 Å². The molecule has 1 aromatic carbocycles. The summed E-state index contributed by atoms with van der Waals surface area (Å²) in [5, 5.41) is 0. The van der Waals surface area contributed by atoms with Crippen LogP contribution in [0.15, 0.2) is 24.3 Å². The quantitative estimate of drug-likeness (QED) is 0.391. The molecule has 104 valence electrons. The lowest BCUT2D eigenvalue weighted by Crippen LogP contribution is -2.00. The average molecular weight is 264 g/mol. The zero-order chi connectivity index (χ0) is 13.9. The Morgan fingerprint density at radius 2 is 1.79 bits per heavy atom. The van der Waals surface area contributed by atoms with Gasteiger partial charge in [0, 0.05) is 0 Å². The summed E-state index contributed by atoms with van der Waals surface area (Å²) in [5.74, 6) is -0.304. The molecule has 0 unspecified atom stereocenters. The summed E-state index contributed by atoms with van der Waals surface area (Å²) in [4.78, 5) is 21.2. The summed E-state index contributed by atoms with van der Waals surface area (Å²) >= 11 is 0. The van der Waals surface area contributed by atoms with Gasteiger partial charge in [-0.2, -0.15) is 0 Å². The number of esters is 1. The number of methoxy groups -OCH3 is 1. The number of carbonyl (C=O) groups excluding carboxylic acids is 2. The number of carbonyl (C=O) groups is 2.